The number of benzene rings is 1. The van der Waals surface area contributed by atoms with Crippen molar-refractivity contribution in [3.63, 3.8) is 0 Å². The average molecular weight is 331 g/mol. The molecule has 2 amide bonds. The number of hydrogen-bond donors (Lipinski definition) is 2. The van der Waals surface area contributed by atoms with Crippen molar-refractivity contribution >= 4 is 11.8 Å². The van der Waals surface area contributed by atoms with Crippen LogP contribution in [-0.4, -0.2) is 50.0 Å². The number of nitrogens with zero attached hydrogens (tertiary/aromatic N) is 1. The number of likely N-dealkylation sites (tertiary alicyclic amines) is 1. The van der Waals surface area contributed by atoms with E-state index in [0.717, 1.165) is 43.7 Å². The van der Waals surface area contributed by atoms with Crippen molar-refractivity contribution in [2.45, 2.75) is 25.8 Å². The quantitative estimate of drug-likeness (QED) is 0.841. The van der Waals surface area contributed by atoms with Crippen molar-refractivity contribution in [1.82, 2.24) is 15.5 Å². The second-order valence-electron chi connectivity index (χ2n) is 6.69. The summed E-state index contributed by atoms with van der Waals surface area (Å²) < 4.78 is 5.29. The Hall–Kier alpha value is -2.08. The normalized spacial score (nSPS) is 24.0. The number of hydrogen-bond acceptors (Lipinski definition) is 4. The van der Waals surface area contributed by atoms with Crippen LogP contribution < -0.4 is 15.4 Å². The molecule has 0 saturated carbocycles. The van der Waals surface area contributed by atoms with Crippen molar-refractivity contribution in [1.29, 1.82) is 0 Å². The number of nitrogens with one attached hydrogen (secondary N) is 2. The molecule has 24 heavy (non-hydrogen) atoms. The summed E-state index contributed by atoms with van der Waals surface area (Å²) in [5.41, 5.74) is 0.680. The molecule has 3 rings (SSSR count). The van der Waals surface area contributed by atoms with Crippen LogP contribution in [0.5, 0.6) is 5.75 Å². The highest BCUT2D eigenvalue weighted by Gasteiger charge is 2.45. The lowest BCUT2D eigenvalue weighted by molar-refractivity contribution is -0.133. The highest BCUT2D eigenvalue weighted by molar-refractivity contribution is 5.84. The molecule has 6 nitrogen and oxygen atoms in total. The maximum Gasteiger partial charge on any atom is 0.234 e. The summed E-state index contributed by atoms with van der Waals surface area (Å²) in [6, 6.07) is 7.66. The molecule has 1 aromatic carbocycles. The number of rotatable bonds is 5. The van der Waals surface area contributed by atoms with Crippen LogP contribution in [0.25, 0.3) is 0 Å². The fourth-order valence-corrected chi connectivity index (χ4v) is 3.71. The van der Waals surface area contributed by atoms with Crippen LogP contribution in [0, 0.1) is 5.41 Å². The van der Waals surface area contributed by atoms with Gasteiger partial charge in [-0.15, -0.1) is 0 Å². The highest BCUT2D eigenvalue weighted by Crippen LogP contribution is 2.37. The van der Waals surface area contributed by atoms with Crippen molar-refractivity contribution in [2.24, 2.45) is 5.41 Å². The topological polar surface area (TPSA) is 70.7 Å². The molecule has 0 radical (unpaired) electrons. The Morgan fingerprint density at radius 3 is 3.00 bits per heavy atom. The Morgan fingerprint density at radius 1 is 1.38 bits per heavy atom. The molecule has 2 saturated heterocycles. The number of carbonyl (C=O) groups excluding carboxylic acids is 2. The zero-order chi connectivity index (χ0) is 17.0. The van der Waals surface area contributed by atoms with Crippen molar-refractivity contribution in [2.75, 3.05) is 33.3 Å². The molecule has 2 aliphatic rings. The summed E-state index contributed by atoms with van der Waals surface area (Å²) in [5, 5.41) is 5.91. The summed E-state index contributed by atoms with van der Waals surface area (Å²) in [5.74, 6) is 0.914. The largest absolute Gasteiger partial charge is 0.496 e. The molecule has 130 valence electrons. The molecule has 0 unspecified atom stereocenters. The summed E-state index contributed by atoms with van der Waals surface area (Å²) in [7, 11) is 1.62. The van der Waals surface area contributed by atoms with Crippen LogP contribution >= 0.6 is 0 Å². The molecule has 1 spiro atoms. The third-order valence-electron chi connectivity index (χ3n) is 5.07. The minimum Gasteiger partial charge on any atom is -0.496 e. The standard InChI is InChI=1S/C18H25N3O3/c1-24-15-6-3-2-5-14(15)11-20-16(22)12-21-10-8-18(13-21)7-4-9-19-17(18)23/h2-3,5-6H,4,7-13H2,1H3,(H,19,23)(H,20,22)/t18-/m1/s1. The van der Waals surface area contributed by atoms with Gasteiger partial charge in [0, 0.05) is 25.2 Å². The van der Waals surface area contributed by atoms with Gasteiger partial charge in [-0.2, -0.15) is 0 Å². The van der Waals surface area contributed by atoms with Crippen molar-refractivity contribution in [3.05, 3.63) is 29.8 Å². The molecule has 0 bridgehead atoms. The first kappa shape index (κ1) is 16.8. The van der Waals surface area contributed by atoms with Crippen LogP contribution in [0.15, 0.2) is 24.3 Å². The van der Waals surface area contributed by atoms with Gasteiger partial charge in [0.05, 0.1) is 19.1 Å². The fourth-order valence-electron chi connectivity index (χ4n) is 3.71. The number of methoxy groups -OCH3 is 1. The van der Waals surface area contributed by atoms with Crippen LogP contribution in [0.2, 0.25) is 0 Å². The number of para-hydroxylation sites is 1. The lowest BCUT2D eigenvalue weighted by Crippen LogP contribution is -2.48. The van der Waals surface area contributed by atoms with Gasteiger partial charge in [-0.1, -0.05) is 18.2 Å². The molecule has 2 fully saturated rings. The second-order valence-corrected chi connectivity index (χ2v) is 6.69. The first-order valence-corrected chi connectivity index (χ1v) is 8.52. The van der Waals surface area contributed by atoms with E-state index in [4.69, 9.17) is 4.74 Å². The maximum absolute atomic E-state index is 12.2. The van der Waals surface area contributed by atoms with Gasteiger partial charge in [-0.3, -0.25) is 14.5 Å². The van der Waals surface area contributed by atoms with Gasteiger partial charge in [0.15, 0.2) is 0 Å². The summed E-state index contributed by atoms with van der Waals surface area (Å²) in [4.78, 5) is 26.5. The zero-order valence-corrected chi connectivity index (χ0v) is 14.1. The van der Waals surface area contributed by atoms with E-state index in [1.54, 1.807) is 7.11 Å². The van der Waals surface area contributed by atoms with Gasteiger partial charge in [0.2, 0.25) is 11.8 Å². The molecule has 2 heterocycles. The summed E-state index contributed by atoms with van der Waals surface area (Å²) in [6.07, 6.45) is 2.80. The number of carbonyl (C=O) groups is 2. The van der Waals surface area contributed by atoms with E-state index in [9.17, 15) is 9.59 Å². The molecule has 0 aliphatic carbocycles. The van der Waals surface area contributed by atoms with Gasteiger partial charge >= 0.3 is 0 Å². The molecule has 0 aromatic heterocycles. The fraction of sp³-hybridized carbons (Fsp3) is 0.556. The smallest absolute Gasteiger partial charge is 0.234 e. The van der Waals surface area contributed by atoms with Crippen molar-refractivity contribution in [3.8, 4) is 5.75 Å². The number of piperidine rings is 1. The Morgan fingerprint density at radius 2 is 2.21 bits per heavy atom. The van der Waals surface area contributed by atoms with Gasteiger partial charge in [-0.05, 0) is 31.9 Å². The van der Waals surface area contributed by atoms with Crippen molar-refractivity contribution < 1.29 is 14.3 Å². The molecule has 1 atom stereocenters. The monoisotopic (exact) mass is 331 g/mol. The Kier molecular flexibility index (Phi) is 5.04. The summed E-state index contributed by atoms with van der Waals surface area (Å²) >= 11 is 0. The Bertz CT molecular complexity index is 619. The molecular weight excluding hydrogens is 306 g/mol. The lowest BCUT2D eigenvalue weighted by atomic mass is 9.79. The van der Waals surface area contributed by atoms with Gasteiger partial charge in [-0.25, -0.2) is 0 Å². The van der Waals surface area contributed by atoms with Gasteiger partial charge < -0.3 is 15.4 Å². The molecule has 2 N–H and O–H groups in total. The van der Waals surface area contributed by atoms with Crippen LogP contribution in [0.4, 0.5) is 0 Å². The third-order valence-corrected chi connectivity index (χ3v) is 5.07. The zero-order valence-electron chi connectivity index (χ0n) is 14.1. The van der Waals surface area contributed by atoms with E-state index in [0.29, 0.717) is 19.6 Å². The van der Waals surface area contributed by atoms with E-state index < -0.39 is 0 Å². The number of amides is 2. The molecule has 2 aliphatic heterocycles. The van der Waals surface area contributed by atoms with Crippen LogP contribution in [0.1, 0.15) is 24.8 Å². The Balaban J connectivity index is 1.50. The number of ether oxygens (including phenoxy) is 1. The first-order valence-electron chi connectivity index (χ1n) is 8.52. The van der Waals surface area contributed by atoms with Crippen LogP contribution in [0.3, 0.4) is 0 Å². The van der Waals surface area contributed by atoms with Gasteiger partial charge in [0.25, 0.3) is 0 Å². The van der Waals surface area contributed by atoms with E-state index in [-0.39, 0.29) is 17.2 Å². The van der Waals surface area contributed by atoms with Crippen LogP contribution in [-0.2, 0) is 16.1 Å². The minimum absolute atomic E-state index is 0.0193. The van der Waals surface area contributed by atoms with E-state index in [2.05, 4.69) is 15.5 Å². The third kappa shape index (κ3) is 3.53. The van der Waals surface area contributed by atoms with Gasteiger partial charge in [0.1, 0.15) is 5.75 Å². The average Bonchev–Trinajstić information content (AvgIpc) is 2.99. The summed E-state index contributed by atoms with van der Waals surface area (Å²) in [6.45, 7) is 3.04. The molecule has 1 aromatic rings. The lowest BCUT2D eigenvalue weighted by Gasteiger charge is -2.32. The maximum atomic E-state index is 12.2. The SMILES string of the molecule is COc1ccccc1CNC(=O)CN1CC[C@]2(CCCNC2=O)C1. The van der Waals surface area contributed by atoms with E-state index in [1.165, 1.54) is 0 Å². The van der Waals surface area contributed by atoms with E-state index in [1.807, 2.05) is 24.3 Å². The first-order chi connectivity index (χ1) is 11.6. The minimum atomic E-state index is -0.277. The highest BCUT2D eigenvalue weighted by atomic mass is 16.5. The molecule has 6 heteroatoms. The molecular formula is C18H25N3O3. The predicted molar refractivity (Wildman–Crippen MR) is 90.6 cm³/mol. The predicted octanol–water partition coefficient (Wildman–Crippen LogP) is 0.913. The van der Waals surface area contributed by atoms with E-state index >= 15 is 0 Å². The second kappa shape index (κ2) is 7.21. The Labute approximate surface area is 142 Å².